The lowest BCUT2D eigenvalue weighted by atomic mass is 10.0. The molecule has 0 aromatic heterocycles. The number of nitrogens with one attached hydrogen (secondary N) is 1. The molecule has 0 radical (unpaired) electrons. The summed E-state index contributed by atoms with van der Waals surface area (Å²) in [6.45, 7) is 0.794. The third-order valence-corrected chi connectivity index (χ3v) is 4.20. The van der Waals surface area contributed by atoms with Crippen LogP contribution in [-0.2, 0) is 9.59 Å². The van der Waals surface area contributed by atoms with Crippen LogP contribution in [0.3, 0.4) is 0 Å². The summed E-state index contributed by atoms with van der Waals surface area (Å²) < 4.78 is 0. The zero-order chi connectivity index (χ0) is 15.4. The molecule has 1 aromatic rings. The van der Waals surface area contributed by atoms with Gasteiger partial charge in [-0.2, -0.15) is 0 Å². The molecule has 1 saturated heterocycles. The molecule has 1 fully saturated rings. The number of primary amides is 1. The van der Waals surface area contributed by atoms with Crippen molar-refractivity contribution in [2.24, 2.45) is 5.73 Å². The fourth-order valence-corrected chi connectivity index (χ4v) is 2.77. The van der Waals surface area contributed by atoms with E-state index < -0.39 is 5.91 Å². The summed E-state index contributed by atoms with van der Waals surface area (Å²) in [6, 6.07) is 4.57. The lowest BCUT2D eigenvalue weighted by Crippen LogP contribution is -2.50. The lowest BCUT2D eigenvalue weighted by molar-refractivity contribution is -0.125. The second-order valence-corrected chi connectivity index (χ2v) is 5.88. The van der Waals surface area contributed by atoms with Gasteiger partial charge in [-0.3, -0.25) is 14.5 Å². The number of likely N-dealkylation sites (tertiary alicyclic amines) is 1. The normalized spacial score (nSPS) is 19.2. The van der Waals surface area contributed by atoms with E-state index in [9.17, 15) is 9.59 Å². The Hall–Kier alpha value is -1.30. The standard InChI is InChI=1S/C14H17Cl2N3O2/c15-10-5-4-9(7-11(10)16)18-14(21)12-3-1-2-6-19(12)8-13(17)20/h4-5,7,12H,1-3,6,8H2,(H2,17,20)(H,18,21). The number of hydrogen-bond acceptors (Lipinski definition) is 3. The molecular formula is C14H17Cl2N3O2. The number of anilines is 1. The van der Waals surface area contributed by atoms with Gasteiger partial charge in [-0.1, -0.05) is 29.6 Å². The van der Waals surface area contributed by atoms with Crippen molar-refractivity contribution in [2.75, 3.05) is 18.4 Å². The van der Waals surface area contributed by atoms with Crippen molar-refractivity contribution in [2.45, 2.75) is 25.3 Å². The van der Waals surface area contributed by atoms with Crippen LogP contribution in [0, 0.1) is 0 Å². The lowest BCUT2D eigenvalue weighted by Gasteiger charge is -2.33. The van der Waals surface area contributed by atoms with Crippen molar-refractivity contribution in [3.63, 3.8) is 0 Å². The van der Waals surface area contributed by atoms with Gasteiger partial charge < -0.3 is 11.1 Å². The maximum Gasteiger partial charge on any atom is 0.241 e. The van der Waals surface area contributed by atoms with Gasteiger partial charge in [0.25, 0.3) is 0 Å². The Balaban J connectivity index is 2.06. The molecule has 3 N–H and O–H groups in total. The van der Waals surface area contributed by atoms with Crippen molar-refractivity contribution in [3.05, 3.63) is 28.2 Å². The minimum absolute atomic E-state index is 0.0967. The first-order valence-corrected chi connectivity index (χ1v) is 7.51. The van der Waals surface area contributed by atoms with Crippen molar-refractivity contribution in [1.82, 2.24) is 4.90 Å². The van der Waals surface area contributed by atoms with Gasteiger partial charge in [0, 0.05) is 5.69 Å². The Kier molecular flexibility index (Phi) is 5.45. The minimum atomic E-state index is -0.427. The van der Waals surface area contributed by atoms with Crippen molar-refractivity contribution >= 4 is 40.7 Å². The van der Waals surface area contributed by atoms with Crippen LogP contribution in [0.1, 0.15) is 19.3 Å². The van der Waals surface area contributed by atoms with Crippen LogP contribution < -0.4 is 11.1 Å². The Morgan fingerprint density at radius 3 is 2.71 bits per heavy atom. The van der Waals surface area contributed by atoms with E-state index in [0.29, 0.717) is 28.7 Å². The second-order valence-electron chi connectivity index (χ2n) is 5.07. The van der Waals surface area contributed by atoms with Crippen LogP contribution in [0.15, 0.2) is 18.2 Å². The number of carbonyl (C=O) groups excluding carboxylic acids is 2. The molecule has 7 heteroatoms. The predicted octanol–water partition coefficient (Wildman–Crippen LogP) is 2.27. The largest absolute Gasteiger partial charge is 0.369 e. The second kappa shape index (κ2) is 7.11. The summed E-state index contributed by atoms with van der Waals surface area (Å²) in [5.41, 5.74) is 5.81. The fraction of sp³-hybridized carbons (Fsp3) is 0.429. The SMILES string of the molecule is NC(=O)CN1CCCCC1C(=O)Nc1ccc(Cl)c(Cl)c1. The van der Waals surface area contributed by atoms with Gasteiger partial charge in [-0.15, -0.1) is 0 Å². The zero-order valence-electron chi connectivity index (χ0n) is 11.4. The van der Waals surface area contributed by atoms with Gasteiger partial charge in [-0.25, -0.2) is 0 Å². The molecule has 0 bridgehead atoms. The Morgan fingerprint density at radius 2 is 2.05 bits per heavy atom. The van der Waals surface area contributed by atoms with E-state index in [4.69, 9.17) is 28.9 Å². The molecule has 1 aliphatic rings. The topological polar surface area (TPSA) is 75.4 Å². The molecule has 0 saturated carbocycles. The number of piperidine rings is 1. The van der Waals surface area contributed by atoms with E-state index in [1.54, 1.807) is 18.2 Å². The summed E-state index contributed by atoms with van der Waals surface area (Å²) in [6.07, 6.45) is 2.62. The van der Waals surface area contributed by atoms with Gasteiger partial charge in [-0.05, 0) is 37.6 Å². The highest BCUT2D eigenvalue weighted by Crippen LogP contribution is 2.26. The number of amides is 2. The number of carbonyl (C=O) groups is 2. The third-order valence-electron chi connectivity index (χ3n) is 3.46. The summed E-state index contributed by atoms with van der Waals surface area (Å²) in [7, 11) is 0. The fourth-order valence-electron chi connectivity index (χ4n) is 2.48. The summed E-state index contributed by atoms with van der Waals surface area (Å²) in [5.74, 6) is -0.585. The monoisotopic (exact) mass is 329 g/mol. The van der Waals surface area contributed by atoms with E-state index in [1.807, 2.05) is 4.90 Å². The molecule has 2 rings (SSSR count). The van der Waals surface area contributed by atoms with Crippen LogP contribution in [-0.4, -0.2) is 35.8 Å². The molecule has 1 unspecified atom stereocenters. The zero-order valence-corrected chi connectivity index (χ0v) is 13.0. The number of nitrogens with two attached hydrogens (primary N) is 1. The van der Waals surface area contributed by atoms with Crippen LogP contribution in [0.5, 0.6) is 0 Å². The van der Waals surface area contributed by atoms with Crippen LogP contribution in [0.4, 0.5) is 5.69 Å². The predicted molar refractivity (Wildman–Crippen MR) is 83.5 cm³/mol. The average Bonchev–Trinajstić information content (AvgIpc) is 2.43. The first kappa shape index (κ1) is 16.1. The number of hydrogen-bond donors (Lipinski definition) is 2. The summed E-state index contributed by atoms with van der Waals surface area (Å²) in [5, 5.41) is 3.62. The molecule has 1 aliphatic heterocycles. The minimum Gasteiger partial charge on any atom is -0.369 e. The van der Waals surface area contributed by atoms with Crippen molar-refractivity contribution in [3.8, 4) is 0 Å². The highest BCUT2D eigenvalue weighted by molar-refractivity contribution is 6.42. The number of rotatable bonds is 4. The third kappa shape index (κ3) is 4.33. The quantitative estimate of drug-likeness (QED) is 0.889. The van der Waals surface area contributed by atoms with Crippen molar-refractivity contribution in [1.29, 1.82) is 0 Å². The van der Waals surface area contributed by atoms with E-state index in [-0.39, 0.29) is 18.5 Å². The highest BCUT2D eigenvalue weighted by Gasteiger charge is 2.29. The maximum atomic E-state index is 12.4. The van der Waals surface area contributed by atoms with Crippen molar-refractivity contribution < 1.29 is 9.59 Å². The molecule has 2 amide bonds. The van der Waals surface area contributed by atoms with Crippen LogP contribution in [0.25, 0.3) is 0 Å². The summed E-state index contributed by atoms with van der Waals surface area (Å²) >= 11 is 11.8. The molecule has 1 heterocycles. The van der Waals surface area contributed by atoms with Gasteiger partial charge in [0.1, 0.15) is 0 Å². The van der Waals surface area contributed by atoms with Gasteiger partial charge in [0.05, 0.1) is 22.6 Å². The molecule has 21 heavy (non-hydrogen) atoms. The van der Waals surface area contributed by atoms with E-state index in [1.165, 1.54) is 0 Å². The van der Waals surface area contributed by atoms with E-state index in [2.05, 4.69) is 5.32 Å². The first-order valence-electron chi connectivity index (χ1n) is 6.75. The van der Waals surface area contributed by atoms with Crippen LogP contribution in [0.2, 0.25) is 10.0 Å². The maximum absolute atomic E-state index is 12.4. The molecular weight excluding hydrogens is 313 g/mol. The first-order chi connectivity index (χ1) is 9.97. The highest BCUT2D eigenvalue weighted by atomic mass is 35.5. The Labute approximate surface area is 133 Å². The molecule has 1 atom stereocenters. The number of nitrogens with zero attached hydrogens (tertiary/aromatic N) is 1. The van der Waals surface area contributed by atoms with Gasteiger partial charge >= 0.3 is 0 Å². The molecule has 114 valence electrons. The molecule has 0 spiro atoms. The molecule has 0 aliphatic carbocycles. The van der Waals surface area contributed by atoms with Gasteiger partial charge in [0.2, 0.25) is 11.8 Å². The Bertz CT molecular complexity index is 551. The average molecular weight is 330 g/mol. The van der Waals surface area contributed by atoms with Crippen LogP contribution >= 0.6 is 23.2 Å². The molecule has 5 nitrogen and oxygen atoms in total. The van der Waals surface area contributed by atoms with E-state index in [0.717, 1.165) is 12.8 Å². The number of benzene rings is 1. The summed E-state index contributed by atoms with van der Waals surface area (Å²) in [4.78, 5) is 25.3. The Morgan fingerprint density at radius 1 is 1.29 bits per heavy atom. The number of halogens is 2. The van der Waals surface area contributed by atoms with Gasteiger partial charge in [0.15, 0.2) is 0 Å². The molecule has 1 aromatic carbocycles. The smallest absolute Gasteiger partial charge is 0.241 e. The van der Waals surface area contributed by atoms with E-state index >= 15 is 0 Å².